The normalized spacial score (nSPS) is 14.6. The van der Waals surface area contributed by atoms with E-state index in [1.165, 1.54) is 24.5 Å². The summed E-state index contributed by atoms with van der Waals surface area (Å²) in [6, 6.07) is 11.9. The number of nitrogens with one attached hydrogen (secondary N) is 2. The Labute approximate surface area is 191 Å². The van der Waals surface area contributed by atoms with Gasteiger partial charge in [0.2, 0.25) is 5.91 Å². The number of nitrogens with zero attached hydrogens (tertiary/aromatic N) is 4. The Morgan fingerprint density at radius 1 is 1.24 bits per heavy atom. The molecule has 3 heterocycles. The fourth-order valence-electron chi connectivity index (χ4n) is 3.93. The smallest absolute Gasteiger partial charge is 0.252 e. The highest BCUT2D eigenvalue weighted by atomic mass is 35.5. The number of halogens is 2. The molecule has 0 fully saturated rings. The molecule has 5 rings (SSSR count). The minimum Gasteiger partial charge on any atom is -0.341 e. The lowest BCUT2D eigenvalue weighted by Crippen LogP contribution is -2.21. The zero-order valence-corrected chi connectivity index (χ0v) is 17.6. The van der Waals surface area contributed by atoms with Crippen LogP contribution in [0.4, 0.5) is 10.1 Å². The van der Waals surface area contributed by atoms with Gasteiger partial charge < -0.3 is 10.6 Å². The summed E-state index contributed by atoms with van der Waals surface area (Å²) in [4.78, 5) is 29.3. The number of hydrogen-bond donors (Lipinski definition) is 2. The molecule has 0 saturated heterocycles. The van der Waals surface area contributed by atoms with E-state index in [4.69, 9.17) is 16.9 Å². The predicted octanol–water partition coefficient (Wildman–Crippen LogP) is 3.87. The van der Waals surface area contributed by atoms with Crippen LogP contribution in [0.15, 0.2) is 55.0 Å². The van der Waals surface area contributed by atoms with Gasteiger partial charge in [-0.1, -0.05) is 11.6 Å². The van der Waals surface area contributed by atoms with Crippen molar-refractivity contribution in [2.24, 2.45) is 0 Å². The number of hydrogen-bond acceptors (Lipinski definition) is 5. The molecule has 2 amide bonds. The van der Waals surface area contributed by atoms with E-state index in [1.807, 2.05) is 6.07 Å². The number of amides is 2. The van der Waals surface area contributed by atoms with E-state index in [0.29, 0.717) is 33.6 Å². The first kappa shape index (κ1) is 20.6. The second-order valence-electron chi connectivity index (χ2n) is 7.42. The second kappa shape index (κ2) is 8.00. The van der Waals surface area contributed by atoms with Crippen LogP contribution in [-0.4, -0.2) is 26.4 Å². The summed E-state index contributed by atoms with van der Waals surface area (Å²) in [5.41, 5.74) is 3.46. The number of benzene rings is 2. The topological polar surface area (TPSA) is 112 Å². The summed E-state index contributed by atoms with van der Waals surface area (Å²) in [5, 5.41) is 18.8. The zero-order chi connectivity index (χ0) is 23.1. The van der Waals surface area contributed by atoms with Crippen LogP contribution in [0.2, 0.25) is 5.02 Å². The van der Waals surface area contributed by atoms with Crippen molar-refractivity contribution in [2.45, 2.75) is 12.5 Å². The molecule has 33 heavy (non-hydrogen) atoms. The first-order chi connectivity index (χ1) is 15.9. The maximum absolute atomic E-state index is 14.0. The highest BCUT2D eigenvalue weighted by Crippen LogP contribution is 2.41. The third-order valence-electron chi connectivity index (χ3n) is 5.38. The molecule has 1 aliphatic heterocycles. The Morgan fingerprint density at radius 2 is 2.09 bits per heavy atom. The summed E-state index contributed by atoms with van der Waals surface area (Å²) >= 11 is 6.31. The molecule has 0 spiro atoms. The number of carbonyl (C=O) groups excluding carboxylic acids is 2. The molecule has 0 aliphatic carbocycles. The SMILES string of the molecule is N#CCC(=O)Nc1cc(-c2ccc3ncnn3c2)cc2c1C(c1cc(F)ccc1Cl)NC2=O. The molecule has 8 nitrogen and oxygen atoms in total. The molecular weight excluding hydrogens is 447 g/mol. The molecule has 2 aromatic carbocycles. The first-order valence-electron chi connectivity index (χ1n) is 9.85. The lowest BCUT2D eigenvalue weighted by atomic mass is 9.93. The number of fused-ring (bicyclic) bond motifs is 2. The van der Waals surface area contributed by atoms with E-state index < -0.39 is 23.7 Å². The molecule has 1 aliphatic rings. The van der Waals surface area contributed by atoms with Gasteiger partial charge in [-0.15, -0.1) is 0 Å². The minimum atomic E-state index is -0.778. The van der Waals surface area contributed by atoms with Crippen LogP contribution >= 0.6 is 11.6 Å². The molecule has 1 atom stereocenters. The minimum absolute atomic E-state index is 0.268. The first-order valence-corrected chi connectivity index (χ1v) is 10.2. The summed E-state index contributed by atoms with van der Waals surface area (Å²) in [6.07, 6.45) is 2.81. The van der Waals surface area contributed by atoms with Crippen molar-refractivity contribution in [3.05, 3.63) is 82.5 Å². The van der Waals surface area contributed by atoms with Crippen molar-refractivity contribution in [1.29, 1.82) is 5.26 Å². The second-order valence-corrected chi connectivity index (χ2v) is 7.83. The van der Waals surface area contributed by atoms with Gasteiger partial charge in [0, 0.05) is 39.2 Å². The van der Waals surface area contributed by atoms with E-state index in [0.717, 1.165) is 5.56 Å². The highest BCUT2D eigenvalue weighted by Gasteiger charge is 2.35. The molecule has 4 aromatic rings. The number of nitriles is 1. The molecule has 10 heteroatoms. The number of rotatable bonds is 4. The van der Waals surface area contributed by atoms with Crippen LogP contribution in [0.3, 0.4) is 0 Å². The lowest BCUT2D eigenvalue weighted by Gasteiger charge is -2.18. The fraction of sp³-hybridized carbons (Fsp3) is 0.0870. The maximum Gasteiger partial charge on any atom is 0.252 e. The average Bonchev–Trinajstić information content (AvgIpc) is 3.39. The number of carbonyl (C=O) groups is 2. The quantitative estimate of drug-likeness (QED) is 0.480. The van der Waals surface area contributed by atoms with E-state index in [1.54, 1.807) is 35.0 Å². The standard InChI is InChI=1S/C23H14ClFN6O2/c24-17-3-2-14(25)9-15(17)22-21-16(23(33)30-22)7-13(8-18(21)29-20(32)5-6-26)12-1-4-19-27-11-28-31(19)10-12/h1-4,7-11,22H,5H2,(H,29,32)(H,30,33). The fourth-order valence-corrected chi connectivity index (χ4v) is 4.15. The molecule has 0 bridgehead atoms. The van der Waals surface area contributed by atoms with Gasteiger partial charge in [0.05, 0.1) is 12.1 Å². The Hall–Kier alpha value is -4.29. The monoisotopic (exact) mass is 460 g/mol. The Kier molecular flexibility index (Phi) is 4.99. The van der Waals surface area contributed by atoms with Crippen LogP contribution in [0.25, 0.3) is 16.8 Å². The summed E-state index contributed by atoms with van der Waals surface area (Å²) in [7, 11) is 0. The molecule has 1 unspecified atom stereocenters. The Bertz CT molecular complexity index is 1490. The van der Waals surface area contributed by atoms with Crippen LogP contribution < -0.4 is 10.6 Å². The van der Waals surface area contributed by atoms with Crippen LogP contribution in [0.1, 0.15) is 33.9 Å². The summed E-state index contributed by atoms with van der Waals surface area (Å²) in [6.45, 7) is 0. The van der Waals surface area contributed by atoms with Crippen LogP contribution in [0, 0.1) is 17.1 Å². The van der Waals surface area contributed by atoms with Gasteiger partial charge in [0.25, 0.3) is 5.91 Å². The molecule has 2 aromatic heterocycles. The molecule has 0 saturated carbocycles. The molecule has 2 N–H and O–H groups in total. The van der Waals surface area contributed by atoms with Gasteiger partial charge in [-0.2, -0.15) is 10.4 Å². The average molecular weight is 461 g/mol. The van der Waals surface area contributed by atoms with Crippen molar-refractivity contribution < 1.29 is 14.0 Å². The third kappa shape index (κ3) is 3.66. The van der Waals surface area contributed by atoms with Gasteiger partial charge in [-0.05, 0) is 48.0 Å². The van der Waals surface area contributed by atoms with Gasteiger partial charge in [-0.25, -0.2) is 13.9 Å². The van der Waals surface area contributed by atoms with Crippen LogP contribution in [0.5, 0.6) is 0 Å². The van der Waals surface area contributed by atoms with Crippen molar-refractivity contribution in [3.8, 4) is 17.2 Å². The Balaban J connectivity index is 1.69. The largest absolute Gasteiger partial charge is 0.341 e. The van der Waals surface area contributed by atoms with Crippen LogP contribution in [-0.2, 0) is 4.79 Å². The number of pyridine rings is 1. The lowest BCUT2D eigenvalue weighted by molar-refractivity contribution is -0.115. The third-order valence-corrected chi connectivity index (χ3v) is 5.72. The van der Waals surface area contributed by atoms with E-state index in [-0.39, 0.29) is 11.4 Å². The van der Waals surface area contributed by atoms with Gasteiger partial charge in [-0.3, -0.25) is 9.59 Å². The van der Waals surface area contributed by atoms with Crippen molar-refractivity contribution in [1.82, 2.24) is 19.9 Å². The zero-order valence-electron chi connectivity index (χ0n) is 16.8. The Morgan fingerprint density at radius 3 is 2.91 bits per heavy atom. The van der Waals surface area contributed by atoms with Gasteiger partial charge in [0.15, 0.2) is 5.65 Å². The number of aromatic nitrogens is 3. The van der Waals surface area contributed by atoms with Crippen molar-refractivity contribution in [2.75, 3.05) is 5.32 Å². The predicted molar refractivity (Wildman–Crippen MR) is 118 cm³/mol. The molecule has 162 valence electrons. The molecule has 0 radical (unpaired) electrons. The maximum atomic E-state index is 14.0. The summed E-state index contributed by atoms with van der Waals surface area (Å²) in [5.74, 6) is -1.44. The van der Waals surface area contributed by atoms with Crippen molar-refractivity contribution >= 4 is 34.7 Å². The van der Waals surface area contributed by atoms with Gasteiger partial charge >= 0.3 is 0 Å². The van der Waals surface area contributed by atoms with E-state index in [9.17, 15) is 14.0 Å². The van der Waals surface area contributed by atoms with E-state index in [2.05, 4.69) is 20.7 Å². The highest BCUT2D eigenvalue weighted by molar-refractivity contribution is 6.31. The van der Waals surface area contributed by atoms with Crippen molar-refractivity contribution in [3.63, 3.8) is 0 Å². The van der Waals surface area contributed by atoms with Gasteiger partial charge in [0.1, 0.15) is 18.6 Å². The summed E-state index contributed by atoms with van der Waals surface area (Å²) < 4.78 is 15.6. The van der Waals surface area contributed by atoms with E-state index >= 15 is 0 Å². The molecular formula is C23H14ClFN6O2. The number of anilines is 1.